The van der Waals surface area contributed by atoms with Crippen molar-refractivity contribution < 1.29 is 14.5 Å². The molecule has 2 heterocycles. The Morgan fingerprint density at radius 2 is 1.78 bits per heavy atom. The third-order valence-corrected chi connectivity index (χ3v) is 9.79. The van der Waals surface area contributed by atoms with Crippen molar-refractivity contribution in [3.8, 4) is 5.75 Å². The summed E-state index contributed by atoms with van der Waals surface area (Å²) in [7, 11) is 1.16. The van der Waals surface area contributed by atoms with Crippen molar-refractivity contribution in [1.82, 2.24) is 9.97 Å². The van der Waals surface area contributed by atoms with Crippen LogP contribution in [0, 0.1) is 15.5 Å². The summed E-state index contributed by atoms with van der Waals surface area (Å²) < 4.78 is 5.65. The number of halogens is 1. The Balaban J connectivity index is 1.39. The third kappa shape index (κ3) is 6.39. The molecule has 1 aliphatic heterocycles. The lowest BCUT2D eigenvalue weighted by atomic mass is 9.68. The Bertz CT molecular complexity index is 1450. The highest BCUT2D eigenvalue weighted by Crippen LogP contribution is 2.47. The molecule has 2 aliphatic rings. The number of piperidine rings is 1. The van der Waals surface area contributed by atoms with Crippen molar-refractivity contribution in [2.24, 2.45) is 5.41 Å². The van der Waals surface area contributed by atoms with E-state index in [2.05, 4.69) is 44.9 Å². The molecule has 1 aliphatic carbocycles. The molecule has 12 heteroatoms. The fraction of sp³-hybridized carbons (Fsp3) is 0.414. The molecule has 0 amide bonds. The van der Waals surface area contributed by atoms with E-state index >= 15 is 0 Å². The van der Waals surface area contributed by atoms with E-state index in [-0.39, 0.29) is 29.9 Å². The minimum Gasteiger partial charge on any atom is -0.494 e. The molecule has 0 unspecified atom stereocenters. The van der Waals surface area contributed by atoms with E-state index < -0.39 is 0 Å². The third-order valence-electron chi connectivity index (χ3n) is 8.16. The van der Waals surface area contributed by atoms with Gasteiger partial charge in [0.2, 0.25) is 5.95 Å². The summed E-state index contributed by atoms with van der Waals surface area (Å²) in [6.07, 6.45) is 6.42. The van der Waals surface area contributed by atoms with E-state index in [4.69, 9.17) is 16.3 Å². The number of hydrogen-bond donors (Lipinski definition) is 2. The van der Waals surface area contributed by atoms with Crippen molar-refractivity contribution in [3.05, 3.63) is 57.7 Å². The first-order valence-corrected chi connectivity index (χ1v) is 16.3. The molecule has 2 N–H and O–H groups in total. The van der Waals surface area contributed by atoms with Crippen LogP contribution in [0.4, 0.5) is 34.5 Å². The Morgan fingerprint density at radius 3 is 2.44 bits per heavy atom. The summed E-state index contributed by atoms with van der Waals surface area (Å²) in [5.41, 5.74) is 1.95. The zero-order valence-corrected chi connectivity index (χ0v) is 25.1. The van der Waals surface area contributed by atoms with Crippen LogP contribution in [0.5, 0.6) is 5.75 Å². The molecule has 1 spiro atoms. The van der Waals surface area contributed by atoms with Crippen LogP contribution in [0.1, 0.15) is 38.5 Å². The first-order valence-electron chi connectivity index (χ1n) is 13.6. The molecule has 0 atom stereocenters. The van der Waals surface area contributed by atoms with Gasteiger partial charge < -0.3 is 20.3 Å². The summed E-state index contributed by atoms with van der Waals surface area (Å²) in [6.45, 7) is 5.74. The first-order chi connectivity index (χ1) is 19.7. The van der Waals surface area contributed by atoms with E-state index in [0.717, 1.165) is 31.4 Å². The number of para-hydroxylation sites is 1. The lowest BCUT2D eigenvalue weighted by molar-refractivity contribution is -0.384. The molecule has 10 nitrogen and oxygen atoms in total. The second-order valence-corrected chi connectivity index (χ2v) is 13.6. The standard InChI is InChI=1S/C29H34ClN6O4P/c1-40-25-17-23(35-14-12-29(13-15-35)10-8-19(37)9-11-29)24(36(38)39)16-22(25)33-28-31-18-20(30)27(34-28)32-21-6-4-5-7-26(21)41(2)3/h4-7,16-18H,8-15H2,1-3H3,(H2,31,32,33,34). The number of aromatic nitrogens is 2. The van der Waals surface area contributed by atoms with Crippen LogP contribution in [0.2, 0.25) is 5.02 Å². The molecule has 3 aromatic rings. The number of benzene rings is 2. The average Bonchev–Trinajstić information content (AvgIpc) is 2.97. The van der Waals surface area contributed by atoms with Crippen LogP contribution in [-0.4, -0.2) is 54.2 Å². The van der Waals surface area contributed by atoms with E-state index in [1.165, 1.54) is 24.7 Å². The maximum absolute atomic E-state index is 12.2. The topological polar surface area (TPSA) is 123 Å². The van der Waals surface area contributed by atoms with Crippen LogP contribution in [0.25, 0.3) is 0 Å². The lowest BCUT2D eigenvalue weighted by Gasteiger charge is -2.44. The number of carbonyl (C=O) groups excluding carboxylic acids is 1. The zero-order chi connectivity index (χ0) is 29.1. The fourth-order valence-electron chi connectivity index (χ4n) is 5.74. The summed E-state index contributed by atoms with van der Waals surface area (Å²) in [6, 6.07) is 11.2. The molecule has 5 rings (SSSR count). The number of ether oxygens (including phenoxy) is 1. The number of Topliss-reactive ketones (excluding diaryl/α,β-unsaturated/α-hetero) is 1. The quantitative estimate of drug-likeness (QED) is 0.167. The van der Waals surface area contributed by atoms with Gasteiger partial charge in [0.05, 0.1) is 23.9 Å². The molecule has 1 aromatic heterocycles. The minimum absolute atomic E-state index is 0.0245. The van der Waals surface area contributed by atoms with Gasteiger partial charge in [0, 0.05) is 43.8 Å². The second-order valence-electron chi connectivity index (χ2n) is 10.9. The van der Waals surface area contributed by atoms with Gasteiger partial charge in [-0.2, -0.15) is 4.98 Å². The minimum atomic E-state index is -0.371. The van der Waals surface area contributed by atoms with Gasteiger partial charge >= 0.3 is 0 Å². The van der Waals surface area contributed by atoms with Crippen molar-refractivity contribution in [2.75, 3.05) is 49.1 Å². The highest BCUT2D eigenvalue weighted by Gasteiger charge is 2.39. The summed E-state index contributed by atoms with van der Waals surface area (Å²) in [5, 5.41) is 20.1. The monoisotopic (exact) mass is 596 g/mol. The fourth-order valence-corrected chi connectivity index (χ4v) is 6.87. The van der Waals surface area contributed by atoms with Crippen LogP contribution >= 0.6 is 19.5 Å². The van der Waals surface area contributed by atoms with Crippen molar-refractivity contribution in [3.63, 3.8) is 0 Å². The van der Waals surface area contributed by atoms with Crippen LogP contribution in [-0.2, 0) is 4.79 Å². The summed E-state index contributed by atoms with van der Waals surface area (Å²) in [5.74, 6) is 1.42. The number of hydrogen-bond acceptors (Lipinski definition) is 9. The van der Waals surface area contributed by atoms with Crippen molar-refractivity contribution >= 4 is 65.1 Å². The molecule has 1 saturated heterocycles. The largest absolute Gasteiger partial charge is 0.494 e. The molecule has 216 valence electrons. The predicted molar refractivity (Wildman–Crippen MR) is 165 cm³/mol. The maximum Gasteiger partial charge on any atom is 0.294 e. The van der Waals surface area contributed by atoms with Gasteiger partial charge in [-0.25, -0.2) is 4.98 Å². The van der Waals surface area contributed by atoms with Crippen LogP contribution in [0.15, 0.2) is 42.6 Å². The average molecular weight is 597 g/mol. The molecular formula is C29H34ClN6O4P. The molecule has 1 saturated carbocycles. The smallest absolute Gasteiger partial charge is 0.294 e. The SMILES string of the molecule is COc1cc(N2CCC3(CCC(=O)CC3)CC2)c([N+](=O)[O-])cc1Nc1ncc(Cl)c(Nc2ccccc2P(C)C)n1. The summed E-state index contributed by atoms with van der Waals surface area (Å²) >= 11 is 6.43. The van der Waals surface area contributed by atoms with Crippen LogP contribution in [0.3, 0.4) is 0 Å². The maximum atomic E-state index is 12.2. The number of nitrogens with zero attached hydrogens (tertiary/aromatic N) is 4. The highest BCUT2D eigenvalue weighted by atomic mass is 35.5. The number of nitro benzene ring substituents is 1. The van der Waals surface area contributed by atoms with E-state index in [1.807, 2.05) is 18.2 Å². The Kier molecular flexibility index (Phi) is 8.61. The van der Waals surface area contributed by atoms with Crippen molar-refractivity contribution in [1.29, 1.82) is 0 Å². The molecule has 0 bridgehead atoms. The van der Waals surface area contributed by atoms with Gasteiger partial charge in [0.15, 0.2) is 5.82 Å². The summed E-state index contributed by atoms with van der Waals surface area (Å²) in [4.78, 5) is 34.5. The number of methoxy groups -OCH3 is 1. The van der Waals surface area contributed by atoms with Gasteiger partial charge in [-0.3, -0.25) is 14.9 Å². The molecule has 0 radical (unpaired) electrons. The number of ketones is 1. The Hall–Kier alpha value is -3.49. The van der Waals surface area contributed by atoms with E-state index in [0.29, 0.717) is 59.7 Å². The van der Waals surface area contributed by atoms with Gasteiger partial charge in [-0.15, -0.1) is 0 Å². The van der Waals surface area contributed by atoms with E-state index in [9.17, 15) is 14.9 Å². The van der Waals surface area contributed by atoms with Gasteiger partial charge in [0.1, 0.15) is 22.2 Å². The number of nitrogens with one attached hydrogen (secondary N) is 2. The predicted octanol–water partition coefficient (Wildman–Crippen LogP) is 6.63. The van der Waals surface area contributed by atoms with Crippen molar-refractivity contribution in [2.45, 2.75) is 38.5 Å². The first kappa shape index (κ1) is 29.0. The van der Waals surface area contributed by atoms with Gasteiger partial charge in [0.25, 0.3) is 5.69 Å². The second kappa shape index (κ2) is 12.2. The molecular weight excluding hydrogens is 563 g/mol. The Labute approximate surface area is 245 Å². The van der Waals surface area contributed by atoms with E-state index in [1.54, 1.807) is 6.07 Å². The number of rotatable bonds is 8. The zero-order valence-electron chi connectivity index (χ0n) is 23.4. The molecule has 41 heavy (non-hydrogen) atoms. The van der Waals surface area contributed by atoms with Gasteiger partial charge in [-0.1, -0.05) is 37.7 Å². The number of anilines is 5. The van der Waals surface area contributed by atoms with Crippen LogP contribution < -0.4 is 25.6 Å². The highest BCUT2D eigenvalue weighted by molar-refractivity contribution is 7.64. The van der Waals surface area contributed by atoms with Gasteiger partial charge in [-0.05, 0) is 55.8 Å². The molecule has 2 fully saturated rings. The number of carbonyl (C=O) groups is 1. The Morgan fingerprint density at radius 1 is 1.07 bits per heavy atom. The number of nitro groups is 1. The normalized spacial score (nSPS) is 16.6. The molecule has 2 aromatic carbocycles. The lowest BCUT2D eigenvalue weighted by Crippen LogP contribution is -2.42.